The summed E-state index contributed by atoms with van der Waals surface area (Å²) in [5.41, 5.74) is 12.4. The lowest BCUT2D eigenvalue weighted by molar-refractivity contribution is -0.145. The van der Waals surface area contributed by atoms with Gasteiger partial charge < -0.3 is 16.8 Å². The second-order valence-corrected chi connectivity index (χ2v) is 5.01. The van der Waals surface area contributed by atoms with E-state index in [-0.39, 0.29) is 6.42 Å². The van der Waals surface area contributed by atoms with Gasteiger partial charge in [-0.3, -0.25) is 29.3 Å². The van der Waals surface area contributed by atoms with Gasteiger partial charge >= 0.3 is 0 Å². The third kappa shape index (κ3) is 4.76. The molecule has 0 aromatic rings. The topological polar surface area (TPSA) is 168 Å². The van der Waals surface area contributed by atoms with Crippen molar-refractivity contribution in [1.82, 2.24) is 15.7 Å². The van der Waals surface area contributed by atoms with E-state index in [1.54, 1.807) is 0 Å². The number of rotatable bonds is 8. The van der Waals surface area contributed by atoms with Crippen molar-refractivity contribution in [1.29, 1.82) is 0 Å². The van der Waals surface area contributed by atoms with Crippen molar-refractivity contribution in [3.63, 3.8) is 0 Å². The number of hydrogen-bond donors (Lipinski definition) is 5. The molecule has 2 atom stereocenters. The Morgan fingerprint density at radius 3 is 2.64 bits per heavy atom. The van der Waals surface area contributed by atoms with E-state index in [1.165, 1.54) is 5.48 Å². The molecule has 22 heavy (non-hydrogen) atoms. The number of carbonyl (C=O) groups excluding carboxylic acids is 4. The van der Waals surface area contributed by atoms with Crippen molar-refractivity contribution in [2.24, 2.45) is 11.5 Å². The summed E-state index contributed by atoms with van der Waals surface area (Å²) in [6.45, 7) is -0.0884. The fourth-order valence-corrected chi connectivity index (χ4v) is 2.06. The van der Waals surface area contributed by atoms with Crippen LogP contribution >= 0.6 is 0 Å². The second-order valence-electron chi connectivity index (χ2n) is 5.01. The summed E-state index contributed by atoms with van der Waals surface area (Å²) < 4.78 is 0. The van der Waals surface area contributed by atoms with Crippen LogP contribution < -0.4 is 22.3 Å². The molecular weight excluding hydrogens is 294 g/mol. The standard InChI is InChI=1S/C12H21N5O5/c13-4-2-1-3-7(14)11(20)15-8-5-10(19)17(12(8)21)6-9(18)16-22/h7-8,22H,1-6,13-14H2,(H,15,20)(H,16,18)/t7-,8-/m0/s1. The van der Waals surface area contributed by atoms with Crippen molar-refractivity contribution in [2.75, 3.05) is 13.1 Å². The number of nitrogens with one attached hydrogen (secondary N) is 2. The van der Waals surface area contributed by atoms with Gasteiger partial charge in [-0.15, -0.1) is 0 Å². The molecule has 0 unspecified atom stereocenters. The van der Waals surface area contributed by atoms with Gasteiger partial charge in [-0.05, 0) is 19.4 Å². The maximum atomic E-state index is 12.0. The number of nitrogens with zero attached hydrogens (tertiary/aromatic N) is 1. The van der Waals surface area contributed by atoms with Crippen molar-refractivity contribution < 1.29 is 24.4 Å². The van der Waals surface area contributed by atoms with E-state index in [0.717, 1.165) is 6.42 Å². The van der Waals surface area contributed by atoms with Crippen molar-refractivity contribution in [2.45, 2.75) is 37.8 Å². The Kier molecular flexibility index (Phi) is 6.89. The van der Waals surface area contributed by atoms with Crippen LogP contribution in [-0.4, -0.2) is 58.9 Å². The number of amides is 4. The fraction of sp³-hybridized carbons (Fsp3) is 0.667. The van der Waals surface area contributed by atoms with Gasteiger partial charge in [-0.1, -0.05) is 6.42 Å². The highest BCUT2D eigenvalue weighted by Crippen LogP contribution is 2.13. The largest absolute Gasteiger partial charge is 0.342 e. The van der Waals surface area contributed by atoms with Crippen LogP contribution in [0.2, 0.25) is 0 Å². The Bertz CT molecular complexity index is 455. The monoisotopic (exact) mass is 315 g/mol. The fourth-order valence-electron chi connectivity index (χ4n) is 2.06. The molecule has 1 aliphatic heterocycles. The molecule has 10 heteroatoms. The van der Waals surface area contributed by atoms with Crippen LogP contribution in [0, 0.1) is 0 Å². The molecule has 0 aromatic carbocycles. The normalized spacial score (nSPS) is 19.2. The molecule has 0 aliphatic carbocycles. The van der Waals surface area contributed by atoms with Gasteiger partial charge in [0.15, 0.2) is 0 Å². The highest BCUT2D eigenvalue weighted by molar-refractivity contribution is 6.08. The molecule has 1 rings (SSSR count). The molecule has 124 valence electrons. The van der Waals surface area contributed by atoms with E-state index in [0.29, 0.717) is 24.3 Å². The zero-order valence-electron chi connectivity index (χ0n) is 12.1. The minimum atomic E-state index is -1.04. The molecule has 0 radical (unpaired) electrons. The van der Waals surface area contributed by atoms with Crippen molar-refractivity contribution in [3.8, 4) is 0 Å². The minimum absolute atomic E-state index is 0.237. The Labute approximate surface area is 127 Å². The SMILES string of the molecule is NCCCC[C@H](N)C(=O)N[C@H]1CC(=O)N(CC(=O)NO)C1=O. The van der Waals surface area contributed by atoms with Gasteiger partial charge in [-0.25, -0.2) is 5.48 Å². The molecule has 1 aliphatic rings. The van der Waals surface area contributed by atoms with Crippen molar-refractivity contribution >= 4 is 23.6 Å². The van der Waals surface area contributed by atoms with Crippen LogP contribution in [0.4, 0.5) is 0 Å². The molecule has 1 heterocycles. The van der Waals surface area contributed by atoms with E-state index in [2.05, 4.69) is 5.32 Å². The second kappa shape index (κ2) is 8.41. The van der Waals surface area contributed by atoms with Crippen LogP contribution in [0.25, 0.3) is 0 Å². The van der Waals surface area contributed by atoms with E-state index in [9.17, 15) is 19.2 Å². The number of hydrogen-bond acceptors (Lipinski definition) is 7. The molecule has 0 spiro atoms. The Morgan fingerprint density at radius 1 is 1.36 bits per heavy atom. The first kappa shape index (κ1) is 18.0. The van der Waals surface area contributed by atoms with Gasteiger partial charge in [0.2, 0.25) is 11.8 Å². The number of unbranched alkanes of at least 4 members (excludes halogenated alkanes) is 1. The summed E-state index contributed by atoms with van der Waals surface area (Å²) in [6.07, 6.45) is 1.62. The van der Waals surface area contributed by atoms with E-state index in [4.69, 9.17) is 16.7 Å². The van der Waals surface area contributed by atoms with Crippen LogP contribution in [0.5, 0.6) is 0 Å². The van der Waals surface area contributed by atoms with Crippen LogP contribution in [0.1, 0.15) is 25.7 Å². The van der Waals surface area contributed by atoms with E-state index >= 15 is 0 Å². The lowest BCUT2D eigenvalue weighted by atomic mass is 10.1. The van der Waals surface area contributed by atoms with Gasteiger partial charge in [0.25, 0.3) is 11.8 Å². The number of carbonyl (C=O) groups is 4. The Morgan fingerprint density at radius 2 is 2.05 bits per heavy atom. The number of imide groups is 1. The lowest BCUT2D eigenvalue weighted by Crippen LogP contribution is -2.49. The van der Waals surface area contributed by atoms with Crippen LogP contribution in [-0.2, 0) is 19.2 Å². The predicted octanol–water partition coefficient (Wildman–Crippen LogP) is -2.81. The highest BCUT2D eigenvalue weighted by atomic mass is 16.5. The summed E-state index contributed by atoms with van der Waals surface area (Å²) in [5, 5.41) is 10.8. The third-order valence-electron chi connectivity index (χ3n) is 3.29. The minimum Gasteiger partial charge on any atom is -0.342 e. The number of hydroxylamine groups is 1. The first-order valence-corrected chi connectivity index (χ1v) is 6.93. The Hall–Kier alpha value is -2.04. The molecule has 0 aromatic heterocycles. The van der Waals surface area contributed by atoms with Gasteiger partial charge in [0.05, 0.1) is 12.5 Å². The molecular formula is C12H21N5O5. The maximum absolute atomic E-state index is 12.0. The van der Waals surface area contributed by atoms with E-state index in [1.807, 2.05) is 0 Å². The average Bonchev–Trinajstić information content (AvgIpc) is 2.74. The van der Waals surface area contributed by atoms with Crippen LogP contribution in [0.15, 0.2) is 0 Å². The first-order chi connectivity index (χ1) is 10.4. The van der Waals surface area contributed by atoms with Gasteiger partial charge in [-0.2, -0.15) is 0 Å². The molecule has 1 fully saturated rings. The Balaban J connectivity index is 2.52. The van der Waals surface area contributed by atoms with Crippen molar-refractivity contribution in [3.05, 3.63) is 0 Å². The molecule has 0 bridgehead atoms. The smallest absolute Gasteiger partial charge is 0.263 e. The maximum Gasteiger partial charge on any atom is 0.263 e. The summed E-state index contributed by atoms with van der Waals surface area (Å²) in [4.78, 5) is 47.2. The van der Waals surface area contributed by atoms with Gasteiger partial charge in [0.1, 0.15) is 12.6 Å². The molecule has 1 saturated heterocycles. The quantitative estimate of drug-likeness (QED) is 0.139. The lowest BCUT2D eigenvalue weighted by Gasteiger charge is -2.16. The van der Waals surface area contributed by atoms with Gasteiger partial charge in [0, 0.05) is 0 Å². The zero-order chi connectivity index (χ0) is 16.7. The van der Waals surface area contributed by atoms with E-state index < -0.39 is 42.3 Å². The first-order valence-electron chi connectivity index (χ1n) is 6.93. The molecule has 0 saturated carbocycles. The summed E-state index contributed by atoms with van der Waals surface area (Å²) in [5.74, 6) is -2.73. The average molecular weight is 315 g/mol. The zero-order valence-corrected chi connectivity index (χ0v) is 12.1. The summed E-state index contributed by atoms with van der Waals surface area (Å²) in [6, 6.07) is -1.82. The predicted molar refractivity (Wildman–Crippen MR) is 74.1 cm³/mol. The molecule has 7 N–H and O–H groups in total. The van der Waals surface area contributed by atoms with Crippen LogP contribution in [0.3, 0.4) is 0 Å². The molecule has 4 amide bonds. The highest BCUT2D eigenvalue weighted by Gasteiger charge is 2.40. The number of likely N-dealkylation sites (tertiary alicyclic amines) is 1. The number of nitrogens with two attached hydrogens (primary N) is 2. The summed E-state index contributed by atoms with van der Waals surface area (Å²) in [7, 11) is 0. The molecule has 10 nitrogen and oxygen atoms in total. The summed E-state index contributed by atoms with van der Waals surface area (Å²) >= 11 is 0. The third-order valence-corrected chi connectivity index (χ3v) is 3.29.